The molecule has 0 spiro atoms. The molecule has 9 heteroatoms. The number of nitrogens with one attached hydrogen (secondary N) is 2. The summed E-state index contributed by atoms with van der Waals surface area (Å²) >= 11 is 0. The van der Waals surface area contributed by atoms with Crippen LogP contribution in [0, 0.1) is 5.92 Å². The first-order valence-corrected chi connectivity index (χ1v) is 13.5. The molecule has 5 heterocycles. The highest BCUT2D eigenvalue weighted by Crippen LogP contribution is 2.34. The summed E-state index contributed by atoms with van der Waals surface area (Å²) in [7, 11) is 0. The number of nitrogens with zero attached hydrogens (tertiary/aromatic N) is 2. The molecule has 2 aromatic heterocycles. The molecule has 7 rings (SSSR count). The van der Waals surface area contributed by atoms with E-state index >= 15 is 0 Å². The summed E-state index contributed by atoms with van der Waals surface area (Å²) in [6, 6.07) is 22.6. The number of benzene rings is 2. The number of rotatable bonds is 7. The molecule has 0 radical (unpaired) electrons. The molecule has 3 N–H and O–H groups in total. The van der Waals surface area contributed by atoms with Crippen molar-refractivity contribution in [2.75, 3.05) is 19.6 Å². The Hall–Kier alpha value is -4.50. The largest absolute Gasteiger partial charge is 0.480 e. The highest BCUT2D eigenvalue weighted by molar-refractivity contribution is 5.96. The molecule has 3 saturated heterocycles. The number of carbonyl (C=O) groups excluding carboxylic acids is 2. The third-order valence-corrected chi connectivity index (χ3v) is 7.52. The van der Waals surface area contributed by atoms with Crippen molar-refractivity contribution >= 4 is 28.8 Å². The van der Waals surface area contributed by atoms with Crippen molar-refractivity contribution in [3.8, 4) is 0 Å². The van der Waals surface area contributed by atoms with Crippen LogP contribution >= 0.6 is 0 Å². The SMILES string of the molecule is O=C(N[C@@H]1C2CCN(CC2)[C@H]1Cc1cccnc1)c1cc2ccccc2o1.O=C(O)CNC(=O)c1ccccc1. The van der Waals surface area contributed by atoms with Gasteiger partial charge in [-0.3, -0.25) is 24.3 Å². The summed E-state index contributed by atoms with van der Waals surface area (Å²) in [6.45, 7) is 1.88. The molecule has 0 aliphatic carbocycles. The second kappa shape index (κ2) is 12.6. The number of hydrogen-bond acceptors (Lipinski definition) is 6. The van der Waals surface area contributed by atoms with Crippen molar-refractivity contribution in [2.24, 2.45) is 5.92 Å². The van der Waals surface area contributed by atoms with E-state index in [1.807, 2.05) is 42.6 Å². The Labute approximate surface area is 232 Å². The minimum Gasteiger partial charge on any atom is -0.480 e. The fourth-order valence-corrected chi connectivity index (χ4v) is 5.55. The summed E-state index contributed by atoms with van der Waals surface area (Å²) in [5.74, 6) is -0.605. The average Bonchev–Trinajstić information content (AvgIpc) is 3.44. The zero-order chi connectivity index (χ0) is 27.9. The minimum absolute atomic E-state index is 0.110. The normalized spacial score (nSPS) is 21.2. The van der Waals surface area contributed by atoms with Crippen LogP contribution in [-0.4, -0.2) is 64.5 Å². The number of fused-ring (bicyclic) bond motifs is 4. The first-order chi connectivity index (χ1) is 19.5. The Balaban J connectivity index is 0.000000210. The van der Waals surface area contributed by atoms with Gasteiger partial charge in [-0.2, -0.15) is 0 Å². The highest BCUT2D eigenvalue weighted by Gasteiger charge is 2.43. The van der Waals surface area contributed by atoms with Crippen molar-refractivity contribution in [3.05, 3.63) is 102 Å². The summed E-state index contributed by atoms with van der Waals surface area (Å²) in [4.78, 5) is 41.0. The zero-order valence-corrected chi connectivity index (χ0v) is 22.0. The van der Waals surface area contributed by atoms with Gasteiger partial charge in [-0.25, -0.2) is 0 Å². The molecule has 3 aliphatic rings. The van der Waals surface area contributed by atoms with Gasteiger partial charge in [-0.1, -0.05) is 42.5 Å². The standard InChI is InChI=1S/C22H23N3O2.C9H9NO3/c26-22(20-13-17-5-1-2-6-19(17)27-20)24-21-16-7-10-25(11-8-16)18(21)12-15-4-3-9-23-14-15;11-8(12)6-10-9(13)7-4-2-1-3-5-7/h1-6,9,13-14,16,18,21H,7-8,10-12H2,(H,24,26);1-5H,6H2,(H,10,13)(H,11,12)/t18-,21+;/m0./s1. The minimum atomic E-state index is -1.05. The lowest BCUT2D eigenvalue weighted by Crippen LogP contribution is -2.64. The Bertz CT molecular complexity index is 1420. The molecule has 0 saturated carbocycles. The van der Waals surface area contributed by atoms with Crippen LogP contribution in [0.5, 0.6) is 0 Å². The van der Waals surface area contributed by atoms with Gasteiger partial charge in [0.1, 0.15) is 12.1 Å². The Kier molecular flexibility index (Phi) is 8.51. The van der Waals surface area contributed by atoms with Gasteiger partial charge in [0, 0.05) is 35.4 Å². The second-order valence-corrected chi connectivity index (χ2v) is 10.1. The molecule has 2 aromatic carbocycles. The number of amides is 2. The summed E-state index contributed by atoms with van der Waals surface area (Å²) < 4.78 is 5.77. The van der Waals surface area contributed by atoms with Gasteiger partial charge < -0.3 is 20.2 Å². The van der Waals surface area contributed by atoms with Crippen LogP contribution in [0.2, 0.25) is 0 Å². The van der Waals surface area contributed by atoms with Gasteiger partial charge >= 0.3 is 5.97 Å². The van der Waals surface area contributed by atoms with E-state index in [0.29, 0.717) is 23.3 Å². The van der Waals surface area contributed by atoms with Gasteiger partial charge in [0.2, 0.25) is 0 Å². The van der Waals surface area contributed by atoms with Crippen molar-refractivity contribution in [1.29, 1.82) is 0 Å². The Morgan fingerprint density at radius 2 is 1.70 bits per heavy atom. The monoisotopic (exact) mass is 540 g/mol. The van der Waals surface area contributed by atoms with Crippen LogP contribution < -0.4 is 10.6 Å². The van der Waals surface area contributed by atoms with E-state index in [1.54, 1.807) is 36.5 Å². The van der Waals surface area contributed by atoms with E-state index in [-0.39, 0.29) is 24.4 Å². The molecular formula is C31H32N4O5. The van der Waals surface area contributed by atoms with Crippen molar-refractivity contribution < 1.29 is 23.9 Å². The maximum atomic E-state index is 12.9. The number of pyridine rings is 1. The molecule has 2 atom stereocenters. The van der Waals surface area contributed by atoms with Crippen LogP contribution in [0.25, 0.3) is 11.0 Å². The first kappa shape index (κ1) is 27.1. The number of furan rings is 1. The Morgan fingerprint density at radius 1 is 0.950 bits per heavy atom. The maximum absolute atomic E-state index is 12.9. The van der Waals surface area contributed by atoms with E-state index < -0.39 is 5.97 Å². The molecular weight excluding hydrogens is 508 g/mol. The summed E-state index contributed by atoms with van der Waals surface area (Å²) in [6.07, 6.45) is 6.94. The quantitative estimate of drug-likeness (QED) is 0.326. The molecule has 4 aromatic rings. The number of aromatic nitrogens is 1. The lowest BCUT2D eigenvalue weighted by Gasteiger charge is -2.51. The molecule has 3 fully saturated rings. The van der Waals surface area contributed by atoms with Crippen molar-refractivity contribution in [3.63, 3.8) is 0 Å². The van der Waals surface area contributed by atoms with Crippen LogP contribution in [0.3, 0.4) is 0 Å². The first-order valence-electron chi connectivity index (χ1n) is 13.5. The van der Waals surface area contributed by atoms with E-state index in [9.17, 15) is 14.4 Å². The van der Waals surface area contributed by atoms with Gasteiger partial charge in [0.15, 0.2) is 5.76 Å². The lowest BCUT2D eigenvalue weighted by atomic mass is 9.76. The zero-order valence-electron chi connectivity index (χ0n) is 22.0. The van der Waals surface area contributed by atoms with E-state index in [2.05, 4.69) is 26.6 Å². The number of aliphatic carboxylic acids is 1. The summed E-state index contributed by atoms with van der Waals surface area (Å²) in [5.41, 5.74) is 2.44. The highest BCUT2D eigenvalue weighted by atomic mass is 16.4. The third-order valence-electron chi connectivity index (χ3n) is 7.52. The van der Waals surface area contributed by atoms with Crippen molar-refractivity contribution in [1.82, 2.24) is 20.5 Å². The van der Waals surface area contributed by atoms with Gasteiger partial charge in [0.05, 0.1) is 0 Å². The Morgan fingerprint density at radius 3 is 2.40 bits per heavy atom. The third kappa shape index (κ3) is 6.55. The number of para-hydroxylation sites is 1. The topological polar surface area (TPSA) is 125 Å². The van der Waals surface area contributed by atoms with Gasteiger partial charge in [-0.15, -0.1) is 0 Å². The molecule has 9 nitrogen and oxygen atoms in total. The molecule has 206 valence electrons. The summed E-state index contributed by atoms with van der Waals surface area (Å²) in [5, 5.41) is 14.8. The second-order valence-electron chi connectivity index (χ2n) is 10.1. The molecule has 0 unspecified atom stereocenters. The van der Waals surface area contributed by atoms with E-state index in [1.165, 1.54) is 5.56 Å². The number of carboxylic acids is 1. The van der Waals surface area contributed by atoms with Crippen LogP contribution in [-0.2, 0) is 11.2 Å². The number of carbonyl (C=O) groups is 3. The van der Waals surface area contributed by atoms with Crippen LogP contribution in [0.4, 0.5) is 0 Å². The predicted molar refractivity (Wildman–Crippen MR) is 150 cm³/mol. The number of hydrogen-bond donors (Lipinski definition) is 3. The maximum Gasteiger partial charge on any atom is 0.322 e. The molecule has 2 amide bonds. The molecule has 3 aliphatic heterocycles. The predicted octanol–water partition coefficient (Wildman–Crippen LogP) is 3.76. The average molecular weight is 541 g/mol. The molecule has 2 bridgehead atoms. The smallest absolute Gasteiger partial charge is 0.322 e. The van der Waals surface area contributed by atoms with E-state index in [0.717, 1.165) is 43.3 Å². The van der Waals surface area contributed by atoms with Gasteiger partial charge in [0.25, 0.3) is 11.8 Å². The van der Waals surface area contributed by atoms with Crippen molar-refractivity contribution in [2.45, 2.75) is 31.3 Å². The number of piperidine rings is 3. The fraction of sp³-hybridized carbons (Fsp3) is 0.290. The van der Waals surface area contributed by atoms with E-state index in [4.69, 9.17) is 9.52 Å². The van der Waals surface area contributed by atoms with Gasteiger partial charge in [-0.05, 0) is 74.2 Å². The fourth-order valence-electron chi connectivity index (χ4n) is 5.55. The number of carboxylic acid groups (broad SMARTS) is 1. The van der Waals surface area contributed by atoms with Crippen LogP contribution in [0.1, 0.15) is 39.3 Å². The molecule has 40 heavy (non-hydrogen) atoms. The lowest BCUT2D eigenvalue weighted by molar-refractivity contribution is -0.135. The van der Waals surface area contributed by atoms with Crippen LogP contribution in [0.15, 0.2) is 89.6 Å².